The second-order valence-electron chi connectivity index (χ2n) is 10.4. The number of carbonyl (C=O) groups is 1. The molecule has 0 unspecified atom stereocenters. The summed E-state index contributed by atoms with van der Waals surface area (Å²) >= 11 is 0. The molecule has 38 heavy (non-hydrogen) atoms. The molecule has 5 heterocycles. The van der Waals surface area contributed by atoms with Crippen molar-refractivity contribution in [3.05, 3.63) is 75.0 Å². The Morgan fingerprint density at radius 2 is 1.76 bits per heavy atom. The van der Waals surface area contributed by atoms with E-state index >= 15 is 0 Å². The summed E-state index contributed by atoms with van der Waals surface area (Å²) in [7, 11) is -0.865. The summed E-state index contributed by atoms with van der Waals surface area (Å²) in [5.41, 5.74) is 1.69. The van der Waals surface area contributed by atoms with Crippen LogP contribution in [0.4, 0.5) is 0 Å². The molecule has 0 spiro atoms. The maximum absolute atomic E-state index is 13.8. The molecule has 1 saturated heterocycles. The minimum Gasteiger partial charge on any atom is -0.348 e. The molecule has 1 amide bonds. The Morgan fingerprint density at radius 3 is 2.50 bits per heavy atom. The highest BCUT2D eigenvalue weighted by Gasteiger charge is 2.30. The molecule has 10 nitrogen and oxygen atoms in total. The predicted octanol–water partition coefficient (Wildman–Crippen LogP) is 2.51. The van der Waals surface area contributed by atoms with Crippen molar-refractivity contribution in [2.45, 2.75) is 63.6 Å². The van der Waals surface area contributed by atoms with Gasteiger partial charge < -0.3 is 9.72 Å². The second-order valence-corrected chi connectivity index (χ2v) is 12.1. The van der Waals surface area contributed by atoms with Crippen LogP contribution >= 0.6 is 0 Å². The molecule has 0 atom stereocenters. The summed E-state index contributed by atoms with van der Waals surface area (Å²) in [5.74, 6) is 0.861. The molecule has 0 bridgehead atoms. The van der Waals surface area contributed by atoms with E-state index in [0.29, 0.717) is 72.4 Å². The van der Waals surface area contributed by atoms with Gasteiger partial charge >= 0.3 is 5.69 Å². The van der Waals surface area contributed by atoms with Crippen LogP contribution in [0.25, 0.3) is 16.7 Å². The highest BCUT2D eigenvalue weighted by Crippen LogP contribution is 2.29. The molecule has 0 radical (unpaired) electrons. The van der Waals surface area contributed by atoms with Gasteiger partial charge in [0.1, 0.15) is 17.0 Å². The molecule has 2 aliphatic rings. The minimum atomic E-state index is -0.865. The van der Waals surface area contributed by atoms with Crippen LogP contribution in [0.2, 0.25) is 0 Å². The Bertz CT molecular complexity index is 1640. The zero-order chi connectivity index (χ0) is 26.4. The zero-order valence-corrected chi connectivity index (χ0v) is 22.0. The van der Waals surface area contributed by atoms with Crippen LogP contribution < -0.4 is 16.6 Å². The van der Waals surface area contributed by atoms with Crippen LogP contribution in [0.15, 0.2) is 52.4 Å². The number of pyridine rings is 2. The van der Waals surface area contributed by atoms with E-state index in [9.17, 15) is 18.6 Å². The van der Waals surface area contributed by atoms with E-state index in [1.807, 2.05) is 35.7 Å². The third-order valence-corrected chi connectivity index (χ3v) is 9.19. The molecule has 4 aromatic heterocycles. The fourth-order valence-electron chi connectivity index (χ4n) is 5.81. The summed E-state index contributed by atoms with van der Waals surface area (Å²) in [6.45, 7) is 1.88. The van der Waals surface area contributed by atoms with Crippen molar-refractivity contribution >= 4 is 33.4 Å². The normalized spacial score (nSPS) is 24.0. The molecular weight excluding hydrogens is 504 g/mol. The van der Waals surface area contributed by atoms with Gasteiger partial charge in [0.2, 0.25) is 0 Å². The molecule has 4 aromatic rings. The van der Waals surface area contributed by atoms with Crippen LogP contribution in [-0.2, 0) is 10.8 Å². The van der Waals surface area contributed by atoms with Gasteiger partial charge in [0.25, 0.3) is 11.5 Å². The average molecular weight is 535 g/mol. The van der Waals surface area contributed by atoms with Gasteiger partial charge in [0.15, 0.2) is 0 Å². The van der Waals surface area contributed by atoms with E-state index in [2.05, 4.69) is 15.3 Å². The highest BCUT2D eigenvalue weighted by molar-refractivity contribution is 7.85. The molecule has 1 saturated carbocycles. The maximum atomic E-state index is 13.8. The number of aryl methyl sites for hydroxylation is 1. The molecule has 1 aliphatic heterocycles. The van der Waals surface area contributed by atoms with Crippen molar-refractivity contribution in [1.29, 1.82) is 0 Å². The predicted molar refractivity (Wildman–Crippen MR) is 145 cm³/mol. The number of nitrogens with zero attached hydrogens (tertiary/aromatic N) is 5. The van der Waals surface area contributed by atoms with Crippen LogP contribution in [0.5, 0.6) is 0 Å². The van der Waals surface area contributed by atoms with Gasteiger partial charge in [-0.3, -0.25) is 22.9 Å². The van der Waals surface area contributed by atoms with Crippen molar-refractivity contribution < 1.29 is 9.00 Å². The van der Waals surface area contributed by atoms with Gasteiger partial charge in [-0.25, -0.2) is 14.8 Å². The minimum absolute atomic E-state index is 0.0563. The van der Waals surface area contributed by atoms with E-state index in [0.717, 1.165) is 5.56 Å². The van der Waals surface area contributed by atoms with Crippen molar-refractivity contribution in [3.8, 4) is 0 Å². The number of imidazole rings is 1. The molecule has 198 valence electrons. The largest absolute Gasteiger partial charge is 0.348 e. The molecule has 1 N–H and O–H groups in total. The lowest BCUT2D eigenvalue weighted by molar-refractivity contribution is 0.0917. The third kappa shape index (κ3) is 4.48. The standard InChI is InChI=1S/C27H30N6O4S/c1-17-14-21-24(28-15-17)32(20-9-12-38(37)13-10-20)27(36)33(26(21)35)19-7-5-18(6-8-19)29-25(34)22-16-31-11-3-2-4-23(31)30-22/h2-4,11,14-16,18-20H,5-10,12-13H2,1H3,(H,29,34). The fraction of sp³-hybridized carbons (Fsp3) is 0.444. The summed E-state index contributed by atoms with van der Waals surface area (Å²) in [6.07, 6.45) is 9.00. The Morgan fingerprint density at radius 1 is 1.03 bits per heavy atom. The molecular formula is C27H30N6O4S. The Balaban J connectivity index is 1.25. The SMILES string of the molecule is Cc1cnc2c(c1)c(=O)n(C1CCC(NC(=O)c3cn4ccccc4n3)CC1)c(=O)n2C1CCS(=O)CC1. The summed E-state index contributed by atoms with van der Waals surface area (Å²) < 4.78 is 16.9. The number of hydrogen-bond acceptors (Lipinski definition) is 6. The summed E-state index contributed by atoms with van der Waals surface area (Å²) in [6, 6.07) is 6.96. The smallest absolute Gasteiger partial charge is 0.333 e. The Hall–Kier alpha value is -3.60. The van der Waals surface area contributed by atoms with Crippen LogP contribution in [-0.4, -0.2) is 51.2 Å². The number of aromatic nitrogens is 5. The van der Waals surface area contributed by atoms with Crippen LogP contribution in [0.3, 0.4) is 0 Å². The molecule has 11 heteroatoms. The summed E-state index contributed by atoms with van der Waals surface area (Å²) in [4.78, 5) is 49.2. The van der Waals surface area contributed by atoms with Gasteiger partial charge in [-0.2, -0.15) is 0 Å². The van der Waals surface area contributed by atoms with Crippen molar-refractivity contribution in [2.24, 2.45) is 0 Å². The number of nitrogens with one attached hydrogen (secondary N) is 1. The van der Waals surface area contributed by atoms with E-state index in [-0.39, 0.29) is 35.3 Å². The fourth-order valence-corrected chi connectivity index (χ4v) is 7.08. The summed E-state index contributed by atoms with van der Waals surface area (Å²) in [5, 5.41) is 3.52. The van der Waals surface area contributed by atoms with Gasteiger partial charge in [-0.1, -0.05) is 6.07 Å². The highest BCUT2D eigenvalue weighted by atomic mass is 32.2. The lowest BCUT2D eigenvalue weighted by atomic mass is 9.90. The van der Waals surface area contributed by atoms with E-state index < -0.39 is 10.8 Å². The molecule has 0 aromatic carbocycles. The molecule has 6 rings (SSSR count). The quantitative estimate of drug-likeness (QED) is 0.430. The number of amides is 1. The van der Waals surface area contributed by atoms with Gasteiger partial charge in [0, 0.05) is 59.0 Å². The third-order valence-electron chi connectivity index (χ3n) is 7.81. The van der Waals surface area contributed by atoms with E-state index in [1.165, 1.54) is 4.57 Å². The first-order chi connectivity index (χ1) is 18.4. The number of rotatable bonds is 4. The average Bonchev–Trinajstić information content (AvgIpc) is 3.36. The van der Waals surface area contributed by atoms with E-state index in [1.54, 1.807) is 23.0 Å². The van der Waals surface area contributed by atoms with Crippen molar-refractivity contribution in [1.82, 2.24) is 28.8 Å². The van der Waals surface area contributed by atoms with Gasteiger partial charge in [-0.05, 0) is 69.2 Å². The zero-order valence-electron chi connectivity index (χ0n) is 21.2. The Kier molecular flexibility index (Phi) is 6.46. The first-order valence-electron chi connectivity index (χ1n) is 13.1. The second kappa shape index (κ2) is 9.94. The number of carbonyl (C=O) groups excluding carboxylic acids is 1. The van der Waals surface area contributed by atoms with Crippen LogP contribution in [0, 0.1) is 6.92 Å². The van der Waals surface area contributed by atoms with Crippen molar-refractivity contribution in [2.75, 3.05) is 11.5 Å². The monoisotopic (exact) mass is 534 g/mol. The Labute approximate surface area is 221 Å². The first-order valence-corrected chi connectivity index (χ1v) is 14.6. The maximum Gasteiger partial charge on any atom is 0.333 e. The van der Waals surface area contributed by atoms with Gasteiger partial charge in [-0.15, -0.1) is 0 Å². The first kappa shape index (κ1) is 24.7. The lowest BCUT2D eigenvalue weighted by Gasteiger charge is -2.31. The number of hydrogen-bond donors (Lipinski definition) is 1. The lowest BCUT2D eigenvalue weighted by Crippen LogP contribution is -2.46. The van der Waals surface area contributed by atoms with E-state index in [4.69, 9.17) is 0 Å². The van der Waals surface area contributed by atoms with Gasteiger partial charge in [0.05, 0.1) is 5.39 Å². The molecule has 2 fully saturated rings. The number of fused-ring (bicyclic) bond motifs is 2. The topological polar surface area (TPSA) is 120 Å². The van der Waals surface area contributed by atoms with Crippen molar-refractivity contribution in [3.63, 3.8) is 0 Å². The molecule has 1 aliphatic carbocycles. The van der Waals surface area contributed by atoms with Crippen LogP contribution in [0.1, 0.15) is 66.7 Å².